The first-order chi connectivity index (χ1) is 10.9. The zero-order chi connectivity index (χ0) is 17.0. The summed E-state index contributed by atoms with van der Waals surface area (Å²) in [4.78, 5) is 36.3. The van der Waals surface area contributed by atoms with Crippen LogP contribution in [-0.4, -0.2) is 66.2 Å². The number of methoxy groups -OCH3 is 1. The van der Waals surface area contributed by atoms with E-state index in [1.54, 1.807) is 18.0 Å². The lowest BCUT2D eigenvalue weighted by Gasteiger charge is -2.36. The first-order valence-corrected chi connectivity index (χ1v) is 7.61. The van der Waals surface area contributed by atoms with E-state index in [9.17, 15) is 9.59 Å². The van der Waals surface area contributed by atoms with E-state index in [1.165, 1.54) is 7.11 Å². The third-order valence-corrected chi connectivity index (χ3v) is 3.83. The van der Waals surface area contributed by atoms with Crippen LogP contribution in [-0.2, 0) is 9.53 Å². The molecule has 8 nitrogen and oxygen atoms in total. The number of aryl methyl sites for hydroxylation is 2. The molecule has 1 N–H and O–H groups in total. The number of piperazine rings is 1. The second-order valence-electron chi connectivity index (χ2n) is 5.59. The van der Waals surface area contributed by atoms with Gasteiger partial charge in [-0.1, -0.05) is 0 Å². The molecule has 2 rings (SSSR count). The van der Waals surface area contributed by atoms with Gasteiger partial charge < -0.3 is 19.9 Å². The van der Waals surface area contributed by atoms with Crippen LogP contribution < -0.4 is 10.2 Å². The molecule has 126 valence electrons. The Morgan fingerprint density at radius 3 is 2.52 bits per heavy atom. The number of alkyl carbamates (subject to hydrolysis) is 1. The van der Waals surface area contributed by atoms with Gasteiger partial charge in [-0.2, -0.15) is 0 Å². The molecule has 1 aliphatic heterocycles. The van der Waals surface area contributed by atoms with Crippen molar-refractivity contribution in [1.29, 1.82) is 0 Å². The Morgan fingerprint density at radius 1 is 1.26 bits per heavy atom. The Kier molecular flexibility index (Phi) is 5.36. The van der Waals surface area contributed by atoms with Gasteiger partial charge in [0.15, 0.2) is 0 Å². The summed E-state index contributed by atoms with van der Waals surface area (Å²) in [5.74, 6) is 0.764. The largest absolute Gasteiger partial charge is 0.453 e. The van der Waals surface area contributed by atoms with Crippen LogP contribution >= 0.6 is 0 Å². The van der Waals surface area contributed by atoms with Crippen LogP contribution in [0, 0.1) is 13.8 Å². The maximum absolute atomic E-state index is 12.3. The molecule has 1 fully saturated rings. The highest BCUT2D eigenvalue weighted by molar-refractivity contribution is 5.85. The smallest absolute Gasteiger partial charge is 0.407 e. The van der Waals surface area contributed by atoms with Crippen molar-refractivity contribution < 1.29 is 14.3 Å². The molecule has 2 heterocycles. The van der Waals surface area contributed by atoms with E-state index in [-0.39, 0.29) is 5.91 Å². The molecule has 2 amide bonds. The van der Waals surface area contributed by atoms with Crippen LogP contribution in [0.5, 0.6) is 0 Å². The summed E-state index contributed by atoms with van der Waals surface area (Å²) >= 11 is 0. The minimum absolute atomic E-state index is 0.109. The molecule has 0 aromatic carbocycles. The zero-order valence-electron chi connectivity index (χ0n) is 14.0. The summed E-state index contributed by atoms with van der Waals surface area (Å²) in [5, 5.41) is 2.50. The fourth-order valence-electron chi connectivity index (χ4n) is 2.53. The lowest BCUT2D eigenvalue weighted by Crippen LogP contribution is -2.54. The number of amides is 2. The Hall–Kier alpha value is -2.38. The van der Waals surface area contributed by atoms with Crippen LogP contribution in [0.2, 0.25) is 0 Å². The number of carbonyl (C=O) groups is 2. The molecule has 1 atom stereocenters. The van der Waals surface area contributed by atoms with Crippen molar-refractivity contribution in [3.63, 3.8) is 0 Å². The molecule has 1 saturated heterocycles. The van der Waals surface area contributed by atoms with E-state index < -0.39 is 12.1 Å². The van der Waals surface area contributed by atoms with Crippen LogP contribution in [0.3, 0.4) is 0 Å². The lowest BCUT2D eigenvalue weighted by molar-refractivity contribution is -0.133. The minimum Gasteiger partial charge on any atom is -0.453 e. The molecule has 0 radical (unpaired) electrons. The average Bonchev–Trinajstić information content (AvgIpc) is 2.56. The molecule has 23 heavy (non-hydrogen) atoms. The summed E-state index contributed by atoms with van der Waals surface area (Å²) < 4.78 is 4.51. The number of nitrogens with zero attached hydrogens (tertiary/aromatic N) is 4. The zero-order valence-corrected chi connectivity index (χ0v) is 14.0. The van der Waals surface area contributed by atoms with Gasteiger partial charge in [0.05, 0.1) is 18.5 Å². The Bertz CT molecular complexity index is 584. The summed E-state index contributed by atoms with van der Waals surface area (Å²) in [7, 11) is 1.27. The van der Waals surface area contributed by atoms with Gasteiger partial charge in [-0.25, -0.2) is 9.78 Å². The second kappa shape index (κ2) is 7.26. The Morgan fingerprint density at radius 2 is 1.91 bits per heavy atom. The standard InChI is InChI=1S/C15H23N5O3/c1-10-9-16-11(2)13(17-10)19-5-7-20(8-6-19)14(21)12(3)18-15(22)23-4/h9,12H,5-8H2,1-4H3,(H,18,22). The van der Waals surface area contributed by atoms with Gasteiger partial charge in [-0.3, -0.25) is 9.78 Å². The predicted molar refractivity (Wildman–Crippen MR) is 85.3 cm³/mol. The SMILES string of the molecule is COC(=O)NC(C)C(=O)N1CCN(c2nc(C)cnc2C)CC1. The highest BCUT2D eigenvalue weighted by atomic mass is 16.5. The first kappa shape index (κ1) is 17.0. The van der Waals surface area contributed by atoms with Gasteiger partial charge in [0.25, 0.3) is 0 Å². The number of aromatic nitrogens is 2. The predicted octanol–water partition coefficient (Wildman–Crippen LogP) is 0.487. The van der Waals surface area contributed by atoms with Gasteiger partial charge in [0.2, 0.25) is 5.91 Å². The number of anilines is 1. The number of nitrogens with one attached hydrogen (secondary N) is 1. The summed E-state index contributed by atoms with van der Waals surface area (Å²) in [6.45, 7) is 8.05. The van der Waals surface area contributed by atoms with Gasteiger partial charge in [-0.15, -0.1) is 0 Å². The Labute approximate surface area is 135 Å². The molecular formula is C15H23N5O3. The molecule has 1 aromatic heterocycles. The second-order valence-corrected chi connectivity index (χ2v) is 5.59. The normalized spacial score (nSPS) is 16.0. The molecular weight excluding hydrogens is 298 g/mol. The van der Waals surface area contributed by atoms with Gasteiger partial charge in [0.1, 0.15) is 11.9 Å². The van der Waals surface area contributed by atoms with E-state index in [1.807, 2.05) is 13.8 Å². The fraction of sp³-hybridized carbons (Fsp3) is 0.600. The van der Waals surface area contributed by atoms with E-state index in [4.69, 9.17) is 0 Å². The van der Waals surface area contributed by atoms with Crippen molar-refractivity contribution >= 4 is 17.8 Å². The summed E-state index contributed by atoms with van der Waals surface area (Å²) in [6, 6.07) is -0.602. The molecule has 0 spiro atoms. The average molecular weight is 321 g/mol. The van der Waals surface area contributed by atoms with Crippen molar-refractivity contribution in [1.82, 2.24) is 20.2 Å². The maximum atomic E-state index is 12.3. The molecule has 0 aliphatic carbocycles. The van der Waals surface area contributed by atoms with Crippen molar-refractivity contribution in [2.75, 3.05) is 38.2 Å². The molecule has 0 bridgehead atoms. The van der Waals surface area contributed by atoms with Crippen molar-refractivity contribution in [2.45, 2.75) is 26.8 Å². The minimum atomic E-state index is -0.602. The lowest BCUT2D eigenvalue weighted by atomic mass is 10.2. The van der Waals surface area contributed by atoms with Crippen LogP contribution in [0.25, 0.3) is 0 Å². The Balaban J connectivity index is 1.94. The van der Waals surface area contributed by atoms with E-state index in [2.05, 4.69) is 24.9 Å². The van der Waals surface area contributed by atoms with E-state index >= 15 is 0 Å². The molecule has 1 aliphatic rings. The molecule has 8 heteroatoms. The number of hydrogen-bond donors (Lipinski definition) is 1. The quantitative estimate of drug-likeness (QED) is 0.871. The topological polar surface area (TPSA) is 87.7 Å². The van der Waals surface area contributed by atoms with Crippen LogP contribution in [0.1, 0.15) is 18.3 Å². The molecule has 1 unspecified atom stereocenters. The van der Waals surface area contributed by atoms with Crippen LogP contribution in [0.15, 0.2) is 6.20 Å². The number of ether oxygens (including phenoxy) is 1. The molecule has 0 saturated carbocycles. The summed E-state index contributed by atoms with van der Waals surface area (Å²) in [6.07, 6.45) is 1.15. The third-order valence-electron chi connectivity index (χ3n) is 3.83. The third kappa shape index (κ3) is 4.08. The highest BCUT2D eigenvalue weighted by Crippen LogP contribution is 2.17. The van der Waals surface area contributed by atoms with Gasteiger partial charge in [0, 0.05) is 32.4 Å². The van der Waals surface area contributed by atoms with Crippen LogP contribution in [0.4, 0.5) is 10.6 Å². The van der Waals surface area contributed by atoms with Gasteiger partial charge in [-0.05, 0) is 20.8 Å². The number of hydrogen-bond acceptors (Lipinski definition) is 6. The van der Waals surface area contributed by atoms with E-state index in [0.29, 0.717) is 26.2 Å². The van der Waals surface area contributed by atoms with Gasteiger partial charge >= 0.3 is 6.09 Å². The van der Waals surface area contributed by atoms with Crippen molar-refractivity contribution in [3.8, 4) is 0 Å². The van der Waals surface area contributed by atoms with Crippen molar-refractivity contribution in [3.05, 3.63) is 17.6 Å². The summed E-state index contributed by atoms with van der Waals surface area (Å²) in [5.41, 5.74) is 1.76. The van der Waals surface area contributed by atoms with Crippen molar-refractivity contribution in [2.24, 2.45) is 0 Å². The number of carbonyl (C=O) groups excluding carboxylic acids is 2. The highest BCUT2D eigenvalue weighted by Gasteiger charge is 2.27. The monoisotopic (exact) mass is 321 g/mol. The molecule has 1 aromatic rings. The first-order valence-electron chi connectivity index (χ1n) is 7.61. The maximum Gasteiger partial charge on any atom is 0.407 e. The fourth-order valence-corrected chi connectivity index (χ4v) is 2.53. The number of rotatable bonds is 3. The van der Waals surface area contributed by atoms with E-state index in [0.717, 1.165) is 17.2 Å².